The Morgan fingerprint density at radius 1 is 1.00 bits per heavy atom. The summed E-state index contributed by atoms with van der Waals surface area (Å²) >= 11 is 17.5. The zero-order valence-electron chi connectivity index (χ0n) is 12.9. The van der Waals surface area contributed by atoms with Gasteiger partial charge in [-0.3, -0.25) is 0 Å². The Morgan fingerprint density at radius 2 is 1.67 bits per heavy atom. The predicted molar refractivity (Wildman–Crippen MR) is 105 cm³/mol. The molecule has 1 aliphatic heterocycles. The van der Waals surface area contributed by atoms with Crippen LogP contribution < -0.4 is 10.2 Å². The van der Waals surface area contributed by atoms with Gasteiger partial charge in [0.1, 0.15) is 5.75 Å². The van der Waals surface area contributed by atoms with Crippen LogP contribution in [0.2, 0.25) is 10.0 Å². The molecule has 2 N–H and O–H groups in total. The fraction of sp³-hybridized carbons (Fsp3) is 0.235. The lowest BCUT2D eigenvalue weighted by atomic mass is 10.2. The van der Waals surface area contributed by atoms with Crippen molar-refractivity contribution >= 4 is 51.9 Å². The molecule has 1 aliphatic rings. The first kappa shape index (κ1) is 17.1. The summed E-state index contributed by atoms with van der Waals surface area (Å²) in [5.74, 6) is 0.282. The fourth-order valence-electron chi connectivity index (χ4n) is 2.69. The van der Waals surface area contributed by atoms with Gasteiger partial charge in [0.05, 0.1) is 0 Å². The van der Waals surface area contributed by atoms with Gasteiger partial charge in [0.2, 0.25) is 0 Å². The molecule has 0 atom stereocenters. The van der Waals surface area contributed by atoms with E-state index >= 15 is 0 Å². The standard InChI is InChI=1S/C17H17Cl2N3OS/c18-12-8-13(19)10-14(9-12)20-17(24)22-6-4-21(5-7-22)15-2-1-3-16(23)11-15/h1-3,8-11,23H,4-7H2,(H,20,24). The Kier molecular flexibility index (Phi) is 5.33. The molecule has 2 aromatic carbocycles. The third-order valence-corrected chi connectivity index (χ3v) is 4.67. The Morgan fingerprint density at radius 3 is 2.29 bits per heavy atom. The van der Waals surface area contributed by atoms with Gasteiger partial charge in [-0.1, -0.05) is 29.3 Å². The normalized spacial score (nSPS) is 14.6. The zero-order valence-corrected chi connectivity index (χ0v) is 15.2. The first-order valence-electron chi connectivity index (χ1n) is 7.57. The summed E-state index contributed by atoms with van der Waals surface area (Å²) in [6.07, 6.45) is 0. The summed E-state index contributed by atoms with van der Waals surface area (Å²) < 4.78 is 0. The maximum Gasteiger partial charge on any atom is 0.173 e. The van der Waals surface area contributed by atoms with Gasteiger partial charge < -0.3 is 20.2 Å². The number of rotatable bonds is 2. The number of halogens is 2. The lowest BCUT2D eigenvalue weighted by Gasteiger charge is -2.37. The highest BCUT2D eigenvalue weighted by Crippen LogP contribution is 2.24. The predicted octanol–water partition coefficient (Wildman–Crippen LogP) is 4.22. The maximum atomic E-state index is 9.60. The second kappa shape index (κ2) is 7.47. The molecule has 7 heteroatoms. The van der Waals surface area contributed by atoms with Crippen molar-refractivity contribution in [1.29, 1.82) is 0 Å². The van der Waals surface area contributed by atoms with Crippen LogP contribution in [0.25, 0.3) is 0 Å². The van der Waals surface area contributed by atoms with Crippen molar-refractivity contribution in [3.05, 3.63) is 52.5 Å². The molecule has 24 heavy (non-hydrogen) atoms. The van der Waals surface area contributed by atoms with Gasteiger partial charge in [-0.2, -0.15) is 0 Å². The van der Waals surface area contributed by atoms with Crippen molar-refractivity contribution in [3.8, 4) is 5.75 Å². The monoisotopic (exact) mass is 381 g/mol. The molecule has 1 fully saturated rings. The highest BCUT2D eigenvalue weighted by Gasteiger charge is 2.19. The van der Waals surface area contributed by atoms with E-state index in [0.29, 0.717) is 15.2 Å². The van der Waals surface area contributed by atoms with Gasteiger partial charge in [-0.25, -0.2) is 0 Å². The zero-order chi connectivity index (χ0) is 17.1. The minimum atomic E-state index is 0.282. The molecule has 0 radical (unpaired) electrons. The Bertz CT molecular complexity index is 728. The summed E-state index contributed by atoms with van der Waals surface area (Å²) in [5, 5.41) is 14.6. The van der Waals surface area contributed by atoms with E-state index < -0.39 is 0 Å². The number of aromatic hydroxyl groups is 1. The van der Waals surface area contributed by atoms with E-state index in [2.05, 4.69) is 15.1 Å². The second-order valence-electron chi connectivity index (χ2n) is 5.58. The van der Waals surface area contributed by atoms with Gasteiger partial charge in [0.15, 0.2) is 5.11 Å². The van der Waals surface area contributed by atoms with Crippen LogP contribution in [0.15, 0.2) is 42.5 Å². The number of nitrogens with one attached hydrogen (secondary N) is 1. The molecule has 1 heterocycles. The van der Waals surface area contributed by atoms with Crippen LogP contribution in [-0.4, -0.2) is 41.3 Å². The number of phenols is 1. The Labute approximate surface area is 156 Å². The van der Waals surface area contributed by atoms with E-state index in [-0.39, 0.29) is 5.75 Å². The van der Waals surface area contributed by atoms with Crippen LogP contribution in [0, 0.1) is 0 Å². The summed E-state index contributed by atoms with van der Waals surface area (Å²) in [6.45, 7) is 3.27. The number of benzene rings is 2. The highest BCUT2D eigenvalue weighted by molar-refractivity contribution is 7.80. The molecule has 0 aliphatic carbocycles. The molecular weight excluding hydrogens is 365 g/mol. The number of hydrogen-bond donors (Lipinski definition) is 2. The molecule has 126 valence electrons. The van der Waals surface area contributed by atoms with E-state index in [0.717, 1.165) is 37.6 Å². The molecule has 3 rings (SSSR count). The van der Waals surface area contributed by atoms with Gasteiger partial charge in [-0.05, 0) is 42.5 Å². The molecule has 0 saturated carbocycles. The summed E-state index contributed by atoms with van der Waals surface area (Å²) in [5.41, 5.74) is 1.81. The molecule has 2 aromatic rings. The minimum Gasteiger partial charge on any atom is -0.508 e. The molecular formula is C17H17Cl2N3OS. The van der Waals surface area contributed by atoms with Crippen LogP contribution in [0.4, 0.5) is 11.4 Å². The molecule has 0 aromatic heterocycles. The third kappa shape index (κ3) is 4.23. The number of thiocarbonyl (C=S) groups is 1. The van der Waals surface area contributed by atoms with Crippen LogP contribution >= 0.6 is 35.4 Å². The smallest absolute Gasteiger partial charge is 0.173 e. The van der Waals surface area contributed by atoms with E-state index in [1.54, 1.807) is 30.3 Å². The number of piperazine rings is 1. The topological polar surface area (TPSA) is 38.7 Å². The third-order valence-electron chi connectivity index (χ3n) is 3.88. The number of phenolic OH excluding ortho intramolecular Hbond substituents is 1. The van der Waals surface area contributed by atoms with Gasteiger partial charge >= 0.3 is 0 Å². The average molecular weight is 382 g/mol. The average Bonchev–Trinajstić information content (AvgIpc) is 2.54. The van der Waals surface area contributed by atoms with Crippen molar-refractivity contribution < 1.29 is 5.11 Å². The summed E-state index contributed by atoms with van der Waals surface area (Å²) in [7, 11) is 0. The minimum absolute atomic E-state index is 0.282. The maximum absolute atomic E-state index is 9.60. The van der Waals surface area contributed by atoms with E-state index in [1.807, 2.05) is 12.1 Å². The Balaban J connectivity index is 1.59. The first-order chi connectivity index (χ1) is 11.5. The lowest BCUT2D eigenvalue weighted by molar-refractivity contribution is 0.390. The fourth-order valence-corrected chi connectivity index (χ4v) is 3.51. The molecule has 0 bridgehead atoms. The van der Waals surface area contributed by atoms with Crippen LogP contribution in [-0.2, 0) is 0 Å². The second-order valence-corrected chi connectivity index (χ2v) is 6.84. The number of anilines is 2. The van der Waals surface area contributed by atoms with Crippen LogP contribution in [0.3, 0.4) is 0 Å². The van der Waals surface area contributed by atoms with Crippen molar-refractivity contribution in [2.24, 2.45) is 0 Å². The highest BCUT2D eigenvalue weighted by atomic mass is 35.5. The summed E-state index contributed by atoms with van der Waals surface area (Å²) in [6, 6.07) is 12.6. The van der Waals surface area contributed by atoms with E-state index in [1.165, 1.54) is 0 Å². The molecule has 1 saturated heterocycles. The molecule has 4 nitrogen and oxygen atoms in total. The number of hydrogen-bond acceptors (Lipinski definition) is 3. The molecule has 0 spiro atoms. The van der Waals surface area contributed by atoms with Crippen molar-refractivity contribution in [1.82, 2.24) is 4.90 Å². The lowest BCUT2D eigenvalue weighted by Crippen LogP contribution is -2.50. The van der Waals surface area contributed by atoms with Crippen LogP contribution in [0.5, 0.6) is 5.75 Å². The largest absolute Gasteiger partial charge is 0.508 e. The number of nitrogens with zero attached hydrogens (tertiary/aromatic N) is 2. The van der Waals surface area contributed by atoms with E-state index in [4.69, 9.17) is 35.4 Å². The van der Waals surface area contributed by atoms with Crippen molar-refractivity contribution in [2.45, 2.75) is 0 Å². The van der Waals surface area contributed by atoms with Gasteiger partial charge in [-0.15, -0.1) is 0 Å². The van der Waals surface area contributed by atoms with Crippen molar-refractivity contribution in [3.63, 3.8) is 0 Å². The molecule has 0 amide bonds. The quantitative estimate of drug-likeness (QED) is 0.761. The summed E-state index contributed by atoms with van der Waals surface area (Å²) in [4.78, 5) is 4.35. The van der Waals surface area contributed by atoms with Gasteiger partial charge in [0.25, 0.3) is 0 Å². The van der Waals surface area contributed by atoms with Crippen LogP contribution in [0.1, 0.15) is 0 Å². The SMILES string of the molecule is Oc1cccc(N2CCN(C(=S)Nc3cc(Cl)cc(Cl)c3)CC2)c1. The van der Waals surface area contributed by atoms with Gasteiger partial charge in [0, 0.05) is 53.7 Å². The first-order valence-corrected chi connectivity index (χ1v) is 8.74. The van der Waals surface area contributed by atoms with Crippen molar-refractivity contribution in [2.75, 3.05) is 36.4 Å². The van der Waals surface area contributed by atoms with E-state index in [9.17, 15) is 5.11 Å². The molecule has 0 unspecified atom stereocenters. The Hall–Kier alpha value is -1.69.